The van der Waals surface area contributed by atoms with Crippen LogP contribution in [0.15, 0.2) is 46.4 Å². The number of pyridine rings is 1. The van der Waals surface area contributed by atoms with Gasteiger partial charge in [0, 0.05) is 11.6 Å². The van der Waals surface area contributed by atoms with E-state index in [4.69, 9.17) is 14.7 Å². The normalized spacial score (nSPS) is 15.2. The molecule has 1 atom stereocenters. The van der Waals surface area contributed by atoms with Crippen LogP contribution in [-0.2, 0) is 19.5 Å². The van der Waals surface area contributed by atoms with E-state index < -0.39 is 28.5 Å². The van der Waals surface area contributed by atoms with E-state index in [2.05, 4.69) is 20.4 Å². The summed E-state index contributed by atoms with van der Waals surface area (Å²) in [5.74, 6) is -0.254. The van der Waals surface area contributed by atoms with Crippen molar-refractivity contribution in [3.63, 3.8) is 0 Å². The van der Waals surface area contributed by atoms with E-state index in [1.54, 1.807) is 12.1 Å². The molecule has 13 heteroatoms. The van der Waals surface area contributed by atoms with Crippen LogP contribution in [0, 0.1) is 0 Å². The Hall–Kier alpha value is -3.13. The second-order valence-electron chi connectivity index (χ2n) is 7.49. The van der Waals surface area contributed by atoms with Gasteiger partial charge < -0.3 is 19.8 Å². The molecule has 1 aliphatic carbocycles. The van der Waals surface area contributed by atoms with Gasteiger partial charge in [-0.2, -0.15) is 0 Å². The molecule has 1 aliphatic rings. The van der Waals surface area contributed by atoms with E-state index in [0.717, 1.165) is 11.3 Å². The summed E-state index contributed by atoms with van der Waals surface area (Å²) in [5, 5.41) is 24.8. The molecule has 11 nitrogen and oxygen atoms in total. The van der Waals surface area contributed by atoms with E-state index in [1.165, 1.54) is 31.4 Å². The number of fused-ring (bicyclic) bond motifs is 1. The van der Waals surface area contributed by atoms with Crippen LogP contribution in [0.3, 0.4) is 0 Å². The summed E-state index contributed by atoms with van der Waals surface area (Å²) in [7, 11) is -1.89. The molecule has 1 fully saturated rings. The number of methoxy groups -OCH3 is 1. The summed E-state index contributed by atoms with van der Waals surface area (Å²) < 4.78 is 30.0. The SMILES string of the molecule is COc1ccc2nc(NC(=O)/C(=N/OC[C@@H](O)CO)c3ccc(S(=O)(=O)C4CC4)cc3)sc2n1. The Kier molecular flexibility index (Phi) is 7.07. The Morgan fingerprint density at radius 1 is 1.24 bits per heavy atom. The number of aliphatic hydroxyl groups excluding tert-OH is 2. The van der Waals surface area contributed by atoms with Crippen LogP contribution in [0.2, 0.25) is 0 Å². The van der Waals surface area contributed by atoms with Crippen molar-refractivity contribution in [2.45, 2.75) is 29.1 Å². The van der Waals surface area contributed by atoms with E-state index >= 15 is 0 Å². The fraction of sp³-hybridized carbons (Fsp3) is 0.333. The number of nitrogens with one attached hydrogen (secondary N) is 1. The first-order chi connectivity index (χ1) is 16.3. The molecule has 34 heavy (non-hydrogen) atoms. The average molecular weight is 507 g/mol. The smallest absolute Gasteiger partial charge is 0.280 e. The molecular formula is C21H22N4O7S2. The highest BCUT2D eigenvalue weighted by Crippen LogP contribution is 2.33. The molecule has 1 amide bonds. The third-order valence-electron chi connectivity index (χ3n) is 4.93. The van der Waals surface area contributed by atoms with Gasteiger partial charge in [0.1, 0.15) is 23.1 Å². The molecule has 0 bridgehead atoms. The van der Waals surface area contributed by atoms with Crippen LogP contribution in [-0.4, -0.2) is 71.9 Å². The third kappa shape index (κ3) is 5.33. The second kappa shape index (κ2) is 10.0. The van der Waals surface area contributed by atoms with Crippen LogP contribution in [0.5, 0.6) is 5.88 Å². The molecule has 2 heterocycles. The van der Waals surface area contributed by atoms with E-state index in [1.807, 2.05) is 0 Å². The van der Waals surface area contributed by atoms with E-state index in [9.17, 15) is 18.3 Å². The average Bonchev–Trinajstić information content (AvgIpc) is 3.62. The largest absolute Gasteiger partial charge is 0.481 e. The quantitative estimate of drug-likeness (QED) is 0.272. The maximum Gasteiger partial charge on any atom is 0.280 e. The summed E-state index contributed by atoms with van der Waals surface area (Å²) >= 11 is 1.13. The lowest BCUT2D eigenvalue weighted by Gasteiger charge is -2.09. The number of thiazole rings is 1. The zero-order valence-electron chi connectivity index (χ0n) is 18.0. The van der Waals surface area contributed by atoms with E-state index in [-0.39, 0.29) is 27.6 Å². The van der Waals surface area contributed by atoms with Crippen LogP contribution >= 0.6 is 11.3 Å². The van der Waals surface area contributed by atoms with Gasteiger partial charge in [-0.3, -0.25) is 10.1 Å². The van der Waals surface area contributed by atoms with Crippen LogP contribution in [0.25, 0.3) is 10.3 Å². The first-order valence-corrected chi connectivity index (χ1v) is 12.6. The van der Waals surface area contributed by atoms with Crippen LogP contribution in [0.1, 0.15) is 18.4 Å². The van der Waals surface area contributed by atoms with Gasteiger partial charge in [-0.1, -0.05) is 28.6 Å². The lowest BCUT2D eigenvalue weighted by atomic mass is 10.1. The van der Waals surface area contributed by atoms with Crippen molar-refractivity contribution in [3.05, 3.63) is 42.0 Å². The summed E-state index contributed by atoms with van der Waals surface area (Å²) in [6, 6.07) is 9.12. The molecule has 1 saturated carbocycles. The van der Waals surface area contributed by atoms with Crippen molar-refractivity contribution in [2.75, 3.05) is 25.6 Å². The minimum atomic E-state index is -3.39. The molecule has 3 N–H and O–H groups in total. The highest BCUT2D eigenvalue weighted by atomic mass is 32.2. The zero-order chi connectivity index (χ0) is 24.3. The molecule has 0 aliphatic heterocycles. The number of ether oxygens (including phenoxy) is 1. The molecule has 3 aromatic rings. The number of hydrogen-bond donors (Lipinski definition) is 3. The number of hydrogen-bond acceptors (Lipinski definition) is 11. The number of carbonyl (C=O) groups is 1. The highest BCUT2D eigenvalue weighted by molar-refractivity contribution is 7.92. The number of benzene rings is 1. The number of aliphatic hydroxyl groups is 2. The molecule has 180 valence electrons. The molecule has 0 spiro atoms. The number of carbonyl (C=O) groups excluding carboxylic acids is 1. The van der Waals surface area contributed by atoms with Gasteiger partial charge in [0.25, 0.3) is 5.91 Å². The van der Waals surface area contributed by atoms with Gasteiger partial charge in [-0.15, -0.1) is 0 Å². The fourth-order valence-electron chi connectivity index (χ4n) is 2.96. The number of aromatic nitrogens is 2. The Labute approximate surface area is 199 Å². The Balaban J connectivity index is 1.58. The molecule has 0 radical (unpaired) electrons. The van der Waals surface area contributed by atoms with Crippen molar-refractivity contribution >= 4 is 48.3 Å². The number of rotatable bonds is 10. The molecular weight excluding hydrogens is 484 g/mol. The Morgan fingerprint density at radius 2 is 1.97 bits per heavy atom. The summed E-state index contributed by atoms with van der Waals surface area (Å²) in [6.07, 6.45) is 0.108. The first-order valence-electron chi connectivity index (χ1n) is 10.3. The van der Waals surface area contributed by atoms with Crippen molar-refractivity contribution in [2.24, 2.45) is 5.16 Å². The fourth-order valence-corrected chi connectivity index (χ4v) is 5.44. The van der Waals surface area contributed by atoms with Gasteiger partial charge in [0.05, 0.1) is 23.9 Å². The number of anilines is 1. The molecule has 2 aromatic heterocycles. The monoisotopic (exact) mass is 506 g/mol. The van der Waals surface area contributed by atoms with Gasteiger partial charge in [-0.05, 0) is 31.0 Å². The third-order valence-corrected chi connectivity index (χ3v) is 8.09. The number of sulfone groups is 1. The van der Waals surface area contributed by atoms with Gasteiger partial charge in [0.15, 0.2) is 20.7 Å². The maximum absolute atomic E-state index is 13.0. The van der Waals surface area contributed by atoms with Crippen molar-refractivity contribution in [3.8, 4) is 5.88 Å². The lowest BCUT2D eigenvalue weighted by Crippen LogP contribution is -2.25. The van der Waals surface area contributed by atoms with Crippen molar-refractivity contribution < 1.29 is 33.0 Å². The van der Waals surface area contributed by atoms with Crippen molar-refractivity contribution in [1.29, 1.82) is 0 Å². The van der Waals surface area contributed by atoms with Gasteiger partial charge >= 0.3 is 0 Å². The standard InChI is InChI=1S/C21H22N4O7S2/c1-31-17-9-8-16-20(23-17)33-21(22-16)24-19(28)18(25-32-11-13(27)10-26)12-2-4-14(5-3-12)34(29,30)15-6-7-15/h2-5,8-9,13,15,26-27H,6-7,10-11H2,1H3,(H,22,24,28)/b25-18+/t13-/m0/s1. The summed E-state index contributed by atoms with van der Waals surface area (Å²) in [5.41, 5.74) is 0.702. The van der Waals surface area contributed by atoms with Crippen molar-refractivity contribution in [1.82, 2.24) is 9.97 Å². The topological polar surface area (TPSA) is 160 Å². The minimum absolute atomic E-state index is 0.162. The minimum Gasteiger partial charge on any atom is -0.481 e. The predicted molar refractivity (Wildman–Crippen MR) is 125 cm³/mol. The zero-order valence-corrected chi connectivity index (χ0v) is 19.7. The predicted octanol–water partition coefficient (Wildman–Crippen LogP) is 1.35. The number of amides is 1. The lowest BCUT2D eigenvalue weighted by molar-refractivity contribution is -0.110. The van der Waals surface area contributed by atoms with Crippen LogP contribution < -0.4 is 10.1 Å². The summed E-state index contributed by atoms with van der Waals surface area (Å²) in [6.45, 7) is -0.876. The second-order valence-corrected chi connectivity index (χ2v) is 10.7. The highest BCUT2D eigenvalue weighted by Gasteiger charge is 2.36. The molecule has 0 saturated heterocycles. The molecule has 0 unspecified atom stereocenters. The van der Waals surface area contributed by atoms with E-state index in [0.29, 0.717) is 34.6 Å². The molecule has 1 aromatic carbocycles. The first kappa shape index (κ1) is 24.0. The Morgan fingerprint density at radius 3 is 2.62 bits per heavy atom. The van der Waals surface area contributed by atoms with Gasteiger partial charge in [-0.25, -0.2) is 18.4 Å². The maximum atomic E-state index is 13.0. The van der Waals surface area contributed by atoms with Crippen LogP contribution in [0.4, 0.5) is 5.13 Å². The van der Waals surface area contributed by atoms with Gasteiger partial charge in [0.2, 0.25) is 5.88 Å². The number of oxime groups is 1. The molecule has 4 rings (SSSR count). The Bertz CT molecular complexity index is 1320. The summed E-state index contributed by atoms with van der Waals surface area (Å²) in [4.78, 5) is 27.4. The number of nitrogens with zero attached hydrogens (tertiary/aromatic N) is 3.